The maximum atomic E-state index is 9.46. The summed E-state index contributed by atoms with van der Waals surface area (Å²) in [6.45, 7) is 0.746. The number of pyridine rings is 2. The first-order valence-electron chi connectivity index (χ1n) is 11.7. The van der Waals surface area contributed by atoms with Crippen molar-refractivity contribution in [2.24, 2.45) is 17.4 Å². The number of ether oxygens (including phenoxy) is 1. The summed E-state index contributed by atoms with van der Waals surface area (Å²) in [7, 11) is 0. The number of nitrogens with zero attached hydrogens (tertiary/aromatic N) is 2. The van der Waals surface area contributed by atoms with Crippen LogP contribution >= 0.6 is 55.1 Å². The van der Waals surface area contributed by atoms with Gasteiger partial charge >= 0.3 is 0 Å². The van der Waals surface area contributed by atoms with E-state index in [4.69, 9.17) is 39.4 Å². The largest absolute Gasteiger partial charge is 0.505 e. The number of rotatable bonds is 7. The van der Waals surface area contributed by atoms with Crippen molar-refractivity contribution in [3.05, 3.63) is 42.8 Å². The van der Waals surface area contributed by atoms with Crippen LogP contribution in [0.4, 0.5) is 0 Å². The number of hydrogen-bond donors (Lipinski definition) is 3. The van der Waals surface area contributed by atoms with Crippen molar-refractivity contribution in [3.63, 3.8) is 0 Å². The maximum Gasteiger partial charge on any atom is 0.172 e. The molecule has 0 bridgehead atoms. The van der Waals surface area contributed by atoms with E-state index in [1.807, 2.05) is 6.07 Å². The number of aromatic hydroxyl groups is 1. The topological polar surface area (TPSA) is 107 Å². The van der Waals surface area contributed by atoms with Gasteiger partial charge in [-0.2, -0.15) is 0 Å². The highest BCUT2D eigenvalue weighted by atomic mass is 79.9. The lowest BCUT2D eigenvalue weighted by Crippen LogP contribution is -2.48. The molecule has 0 atom stereocenters. The molecule has 0 spiro atoms. The third kappa shape index (κ3) is 6.77. The Labute approximate surface area is 227 Å². The third-order valence-electron chi connectivity index (χ3n) is 6.91. The van der Waals surface area contributed by atoms with Crippen LogP contribution in [0.15, 0.2) is 21.3 Å². The van der Waals surface area contributed by atoms with Crippen LogP contribution in [0.1, 0.15) is 62.5 Å². The van der Waals surface area contributed by atoms with E-state index in [0.29, 0.717) is 21.4 Å². The van der Waals surface area contributed by atoms with Crippen LogP contribution in [0, 0.1) is 5.92 Å². The van der Waals surface area contributed by atoms with E-state index < -0.39 is 0 Å². The molecular weight excluding hydrogens is 607 g/mol. The summed E-state index contributed by atoms with van der Waals surface area (Å²) in [6.07, 6.45) is 10.7. The molecule has 186 valence electrons. The Morgan fingerprint density at radius 3 is 1.88 bits per heavy atom. The van der Waals surface area contributed by atoms with Crippen molar-refractivity contribution in [2.75, 3.05) is 6.61 Å². The molecule has 0 amide bonds. The van der Waals surface area contributed by atoms with Gasteiger partial charge in [0.2, 0.25) is 0 Å². The predicted octanol–water partition coefficient (Wildman–Crippen LogP) is 6.34. The highest BCUT2D eigenvalue weighted by molar-refractivity contribution is 9.10. The Balaban J connectivity index is 0.000000166. The molecule has 5 rings (SSSR count). The molecule has 0 aromatic carbocycles. The summed E-state index contributed by atoms with van der Waals surface area (Å²) in [5.74, 6) is 1.41. The van der Waals surface area contributed by atoms with Gasteiger partial charge in [0.15, 0.2) is 21.8 Å². The maximum absolute atomic E-state index is 9.46. The summed E-state index contributed by atoms with van der Waals surface area (Å²) in [5, 5.41) is 10.00. The fraction of sp³-hybridized carbons (Fsp3) is 0.583. The molecule has 6 nitrogen and oxygen atoms in total. The number of halogens is 4. The molecule has 0 unspecified atom stereocenters. The Kier molecular flexibility index (Phi) is 8.37. The molecule has 2 heterocycles. The van der Waals surface area contributed by atoms with E-state index in [1.165, 1.54) is 25.7 Å². The normalized spacial score (nSPS) is 19.9. The summed E-state index contributed by atoms with van der Waals surface area (Å²) in [6, 6.07) is 3.63. The summed E-state index contributed by atoms with van der Waals surface area (Å²) >= 11 is 18.6. The Morgan fingerprint density at radius 1 is 0.912 bits per heavy atom. The van der Waals surface area contributed by atoms with Crippen molar-refractivity contribution in [1.82, 2.24) is 9.97 Å². The molecule has 5 N–H and O–H groups in total. The van der Waals surface area contributed by atoms with Gasteiger partial charge in [0.1, 0.15) is 9.21 Å². The second-order valence-corrected chi connectivity index (χ2v) is 12.2. The summed E-state index contributed by atoms with van der Waals surface area (Å²) < 4.78 is 7.22. The van der Waals surface area contributed by atoms with Crippen molar-refractivity contribution in [3.8, 4) is 11.5 Å². The fourth-order valence-electron chi connectivity index (χ4n) is 4.21. The minimum absolute atomic E-state index is 0.0118. The zero-order valence-corrected chi connectivity index (χ0v) is 23.6. The molecular formula is C24H30Br2Cl2N4O2. The van der Waals surface area contributed by atoms with E-state index in [-0.39, 0.29) is 22.0 Å². The molecule has 0 aliphatic heterocycles. The van der Waals surface area contributed by atoms with Gasteiger partial charge in [0.05, 0.1) is 6.61 Å². The van der Waals surface area contributed by atoms with Gasteiger partial charge in [-0.25, -0.2) is 9.97 Å². The smallest absolute Gasteiger partial charge is 0.172 e. The van der Waals surface area contributed by atoms with E-state index in [0.717, 1.165) is 60.9 Å². The van der Waals surface area contributed by atoms with Crippen molar-refractivity contribution in [1.29, 1.82) is 0 Å². The zero-order valence-electron chi connectivity index (χ0n) is 18.9. The molecule has 0 radical (unpaired) electrons. The van der Waals surface area contributed by atoms with Crippen LogP contribution in [0.3, 0.4) is 0 Å². The second kappa shape index (κ2) is 10.8. The van der Waals surface area contributed by atoms with Gasteiger partial charge < -0.3 is 21.3 Å². The Morgan fingerprint density at radius 2 is 1.41 bits per heavy atom. The molecule has 0 saturated heterocycles. The minimum atomic E-state index is -0.121. The molecule has 2 aromatic heterocycles. The van der Waals surface area contributed by atoms with Gasteiger partial charge in [0.25, 0.3) is 0 Å². The molecule has 34 heavy (non-hydrogen) atoms. The predicted molar refractivity (Wildman–Crippen MR) is 143 cm³/mol. The first kappa shape index (κ1) is 26.4. The van der Waals surface area contributed by atoms with Crippen LogP contribution in [0.25, 0.3) is 0 Å². The lowest BCUT2D eigenvalue weighted by Gasteiger charge is -2.38. The first-order chi connectivity index (χ1) is 16.1. The standard InChI is InChI=1S/C14H18BrClN2O.C10H12BrClN2O/c15-12-10(7-14(17)4-1-5-14)6-11(13(16)18-12)19-8-9-2-3-9;11-8-6(4-7(15)9(12)14-8)5-10(13)2-1-3-10/h6,9H,1-5,7-8,17H2;4,15H,1-3,5,13H2. The SMILES string of the molecule is NC1(Cc2cc(O)c(Cl)nc2Br)CCC1.NC1(Cc2cc(OCC3CC3)c(Cl)nc2Br)CCC1. The van der Waals surface area contributed by atoms with Crippen LogP contribution in [-0.2, 0) is 12.8 Å². The van der Waals surface area contributed by atoms with Crippen molar-refractivity contribution < 1.29 is 9.84 Å². The van der Waals surface area contributed by atoms with Crippen molar-refractivity contribution >= 4 is 55.1 Å². The van der Waals surface area contributed by atoms with Crippen LogP contribution < -0.4 is 16.2 Å². The highest BCUT2D eigenvalue weighted by Gasteiger charge is 2.34. The quantitative estimate of drug-likeness (QED) is 0.306. The fourth-order valence-corrected chi connectivity index (χ4v) is 5.61. The number of hydrogen-bond acceptors (Lipinski definition) is 6. The van der Waals surface area contributed by atoms with Crippen LogP contribution in [-0.4, -0.2) is 32.8 Å². The lowest BCUT2D eigenvalue weighted by atomic mass is 9.74. The van der Waals surface area contributed by atoms with Crippen LogP contribution in [0.5, 0.6) is 11.5 Å². The molecule has 3 aliphatic rings. The molecule has 2 aromatic rings. The Bertz CT molecular complexity index is 1040. The molecule has 10 heteroatoms. The minimum Gasteiger partial charge on any atom is -0.505 e. The monoisotopic (exact) mass is 634 g/mol. The first-order valence-corrected chi connectivity index (χ1v) is 14.0. The van der Waals surface area contributed by atoms with Crippen molar-refractivity contribution in [2.45, 2.75) is 75.3 Å². The average Bonchev–Trinajstić information content (AvgIpc) is 3.56. The van der Waals surface area contributed by atoms with E-state index in [9.17, 15) is 5.11 Å². The van der Waals surface area contributed by atoms with E-state index in [2.05, 4.69) is 41.8 Å². The van der Waals surface area contributed by atoms with Gasteiger partial charge in [-0.1, -0.05) is 23.2 Å². The van der Waals surface area contributed by atoms with Gasteiger partial charge in [-0.05, 0) is 125 Å². The number of aromatic nitrogens is 2. The van der Waals surface area contributed by atoms with E-state index in [1.54, 1.807) is 6.07 Å². The lowest BCUT2D eigenvalue weighted by molar-refractivity contribution is 0.246. The zero-order chi connectivity index (χ0) is 24.5. The molecule has 3 fully saturated rings. The summed E-state index contributed by atoms with van der Waals surface area (Å²) in [4.78, 5) is 8.31. The third-order valence-corrected chi connectivity index (χ3v) is 8.83. The van der Waals surface area contributed by atoms with E-state index >= 15 is 0 Å². The summed E-state index contributed by atoms with van der Waals surface area (Å²) in [5.41, 5.74) is 14.3. The Hall–Kier alpha value is -0.640. The average molecular weight is 637 g/mol. The van der Waals surface area contributed by atoms with Crippen LogP contribution in [0.2, 0.25) is 10.3 Å². The second-order valence-electron chi connectivity index (χ2n) is 10.0. The van der Waals surface area contributed by atoms with Gasteiger partial charge in [-0.3, -0.25) is 0 Å². The van der Waals surface area contributed by atoms with Gasteiger partial charge in [-0.15, -0.1) is 0 Å². The van der Waals surface area contributed by atoms with Gasteiger partial charge in [0, 0.05) is 11.1 Å². The molecule has 3 saturated carbocycles. The molecule has 3 aliphatic carbocycles. The number of nitrogens with two attached hydrogens (primary N) is 2. The highest BCUT2D eigenvalue weighted by Crippen LogP contribution is 2.38.